The van der Waals surface area contributed by atoms with Crippen LogP contribution >= 0.6 is 11.3 Å². The lowest BCUT2D eigenvalue weighted by Crippen LogP contribution is -2.32. The van der Waals surface area contributed by atoms with Crippen LogP contribution in [0.2, 0.25) is 0 Å². The van der Waals surface area contributed by atoms with E-state index in [-0.39, 0.29) is 6.42 Å². The van der Waals surface area contributed by atoms with Crippen molar-refractivity contribution in [2.75, 3.05) is 6.54 Å². The highest BCUT2D eigenvalue weighted by Crippen LogP contribution is 2.16. The summed E-state index contributed by atoms with van der Waals surface area (Å²) in [4.78, 5) is 18.1. The summed E-state index contributed by atoms with van der Waals surface area (Å²) in [6, 6.07) is 0.348. The molecule has 1 N–H and O–H groups in total. The van der Waals surface area contributed by atoms with Gasteiger partial charge in [-0.1, -0.05) is 0 Å². The third kappa shape index (κ3) is 3.90. The summed E-state index contributed by atoms with van der Waals surface area (Å²) in [6.07, 6.45) is 0.191. The van der Waals surface area contributed by atoms with Gasteiger partial charge in [0.15, 0.2) is 0 Å². The molecule has 16 heavy (non-hydrogen) atoms. The number of aliphatic carboxylic acids is 1. The number of aromatic nitrogens is 1. The van der Waals surface area contributed by atoms with E-state index >= 15 is 0 Å². The summed E-state index contributed by atoms with van der Waals surface area (Å²) in [5, 5.41) is 8.69. The molecule has 0 spiro atoms. The number of hydrogen-bond donors (Lipinski definition) is 1. The Balaban J connectivity index is 2.58. The van der Waals surface area contributed by atoms with Crippen molar-refractivity contribution in [3.8, 4) is 0 Å². The average molecular weight is 242 g/mol. The normalized spacial score (nSPS) is 11.3. The molecule has 90 valence electrons. The Morgan fingerprint density at radius 2 is 2.31 bits per heavy atom. The van der Waals surface area contributed by atoms with Crippen molar-refractivity contribution in [1.29, 1.82) is 0 Å². The summed E-state index contributed by atoms with van der Waals surface area (Å²) in [6.45, 7) is 7.53. The molecule has 0 bridgehead atoms. The highest BCUT2D eigenvalue weighted by atomic mass is 32.1. The minimum absolute atomic E-state index is 0.191. The van der Waals surface area contributed by atoms with Crippen LogP contribution in [0.25, 0.3) is 0 Å². The Morgan fingerprint density at radius 3 is 2.75 bits per heavy atom. The van der Waals surface area contributed by atoms with Crippen molar-refractivity contribution >= 4 is 17.3 Å². The zero-order chi connectivity index (χ0) is 12.1. The second-order valence-electron chi connectivity index (χ2n) is 4.07. The van der Waals surface area contributed by atoms with Gasteiger partial charge in [0.2, 0.25) is 0 Å². The Bertz CT molecular complexity index is 350. The number of nitrogens with zero attached hydrogens (tertiary/aromatic N) is 2. The van der Waals surface area contributed by atoms with Crippen LogP contribution in [-0.2, 0) is 11.3 Å². The maximum atomic E-state index is 10.6. The minimum Gasteiger partial charge on any atom is -0.481 e. The van der Waals surface area contributed by atoms with Crippen molar-refractivity contribution in [2.24, 2.45) is 0 Å². The van der Waals surface area contributed by atoms with Gasteiger partial charge >= 0.3 is 5.97 Å². The number of carboxylic acids is 1. The maximum Gasteiger partial charge on any atom is 0.304 e. The largest absolute Gasteiger partial charge is 0.481 e. The minimum atomic E-state index is -0.744. The van der Waals surface area contributed by atoms with Crippen LogP contribution in [0.1, 0.15) is 30.8 Å². The van der Waals surface area contributed by atoms with E-state index in [0.717, 1.165) is 12.2 Å². The molecule has 4 nitrogen and oxygen atoms in total. The van der Waals surface area contributed by atoms with Gasteiger partial charge in [-0.2, -0.15) is 0 Å². The SMILES string of the molecule is Cc1ncsc1CN(CCC(=O)O)C(C)C. The standard InChI is InChI=1S/C11H18N2O2S/c1-8(2)13(5-4-11(14)15)6-10-9(3)12-7-16-10/h7-8H,4-6H2,1-3H3,(H,14,15). The van der Waals surface area contributed by atoms with Gasteiger partial charge in [0.1, 0.15) is 0 Å². The number of hydrogen-bond acceptors (Lipinski definition) is 4. The summed E-state index contributed by atoms with van der Waals surface area (Å²) in [7, 11) is 0. The molecule has 1 aromatic heterocycles. The quantitative estimate of drug-likeness (QED) is 0.830. The molecule has 0 aliphatic carbocycles. The van der Waals surface area contributed by atoms with Crippen molar-refractivity contribution in [1.82, 2.24) is 9.88 Å². The molecular weight excluding hydrogens is 224 g/mol. The van der Waals surface area contributed by atoms with Gasteiger partial charge in [0.05, 0.1) is 17.6 Å². The first-order chi connectivity index (χ1) is 7.50. The van der Waals surface area contributed by atoms with Crippen LogP contribution in [0, 0.1) is 6.92 Å². The van der Waals surface area contributed by atoms with E-state index in [9.17, 15) is 4.79 Å². The molecule has 0 aliphatic heterocycles. The van der Waals surface area contributed by atoms with Crippen LogP contribution in [-0.4, -0.2) is 33.5 Å². The van der Waals surface area contributed by atoms with Crippen molar-refractivity contribution in [3.05, 3.63) is 16.1 Å². The fourth-order valence-corrected chi connectivity index (χ4v) is 2.22. The molecule has 0 amide bonds. The number of carbonyl (C=O) groups is 1. The Hall–Kier alpha value is -0.940. The van der Waals surface area contributed by atoms with Crippen molar-refractivity contribution in [2.45, 2.75) is 39.8 Å². The molecule has 5 heteroatoms. The van der Waals surface area contributed by atoms with Gasteiger partial charge in [0.25, 0.3) is 0 Å². The van der Waals surface area contributed by atoms with Crippen molar-refractivity contribution < 1.29 is 9.90 Å². The lowest BCUT2D eigenvalue weighted by Gasteiger charge is -2.25. The number of aryl methyl sites for hydroxylation is 1. The second kappa shape index (κ2) is 5.96. The van der Waals surface area contributed by atoms with Gasteiger partial charge in [0, 0.05) is 24.0 Å². The van der Waals surface area contributed by atoms with Crippen LogP contribution < -0.4 is 0 Å². The van der Waals surface area contributed by atoms with Crippen molar-refractivity contribution in [3.63, 3.8) is 0 Å². The predicted octanol–water partition coefficient (Wildman–Crippen LogP) is 2.14. The molecule has 0 unspecified atom stereocenters. The lowest BCUT2D eigenvalue weighted by molar-refractivity contribution is -0.137. The topological polar surface area (TPSA) is 53.4 Å². The predicted molar refractivity (Wildman–Crippen MR) is 64.6 cm³/mol. The molecule has 0 saturated heterocycles. The van der Waals surface area contributed by atoms with Gasteiger partial charge in [-0.3, -0.25) is 9.69 Å². The fourth-order valence-electron chi connectivity index (χ4n) is 1.42. The maximum absolute atomic E-state index is 10.6. The van der Waals surface area contributed by atoms with E-state index in [1.54, 1.807) is 11.3 Å². The number of rotatable bonds is 6. The second-order valence-corrected chi connectivity index (χ2v) is 5.01. The molecule has 0 radical (unpaired) electrons. The first-order valence-corrected chi connectivity index (χ1v) is 6.23. The van der Waals surface area contributed by atoms with E-state index in [4.69, 9.17) is 5.11 Å². The summed E-state index contributed by atoms with van der Waals surface area (Å²) in [5.41, 5.74) is 2.88. The number of carboxylic acid groups (broad SMARTS) is 1. The highest BCUT2D eigenvalue weighted by Gasteiger charge is 2.13. The van der Waals surface area contributed by atoms with E-state index in [0.29, 0.717) is 12.6 Å². The molecule has 1 heterocycles. The third-order valence-corrected chi connectivity index (χ3v) is 3.45. The first-order valence-electron chi connectivity index (χ1n) is 5.35. The number of thiazole rings is 1. The molecule has 0 atom stereocenters. The Labute approximate surface area is 99.9 Å². The smallest absolute Gasteiger partial charge is 0.304 e. The van der Waals surface area contributed by atoms with E-state index in [1.165, 1.54) is 4.88 Å². The van der Waals surface area contributed by atoms with Gasteiger partial charge in [-0.05, 0) is 20.8 Å². The monoisotopic (exact) mass is 242 g/mol. The zero-order valence-electron chi connectivity index (χ0n) is 9.93. The van der Waals surface area contributed by atoms with E-state index in [2.05, 4.69) is 23.7 Å². The Morgan fingerprint density at radius 1 is 1.62 bits per heavy atom. The van der Waals surface area contributed by atoms with E-state index in [1.807, 2.05) is 12.4 Å². The molecular formula is C11H18N2O2S. The van der Waals surface area contributed by atoms with Crippen LogP contribution in [0.15, 0.2) is 5.51 Å². The van der Waals surface area contributed by atoms with Crippen LogP contribution in [0.4, 0.5) is 0 Å². The fraction of sp³-hybridized carbons (Fsp3) is 0.636. The molecule has 0 aromatic carbocycles. The Kier molecular flexibility index (Phi) is 4.89. The summed E-state index contributed by atoms with van der Waals surface area (Å²) >= 11 is 1.63. The van der Waals surface area contributed by atoms with E-state index < -0.39 is 5.97 Å². The van der Waals surface area contributed by atoms with Crippen LogP contribution in [0.5, 0.6) is 0 Å². The highest BCUT2D eigenvalue weighted by molar-refractivity contribution is 7.09. The summed E-state index contributed by atoms with van der Waals surface area (Å²) < 4.78 is 0. The molecule has 0 aliphatic rings. The zero-order valence-corrected chi connectivity index (χ0v) is 10.8. The molecule has 0 fully saturated rings. The van der Waals surface area contributed by atoms with Gasteiger partial charge in [-0.25, -0.2) is 4.98 Å². The lowest BCUT2D eigenvalue weighted by atomic mass is 10.2. The van der Waals surface area contributed by atoms with Gasteiger partial charge in [-0.15, -0.1) is 11.3 Å². The van der Waals surface area contributed by atoms with Crippen LogP contribution in [0.3, 0.4) is 0 Å². The third-order valence-electron chi connectivity index (χ3n) is 2.53. The first kappa shape index (κ1) is 13.1. The molecule has 1 aromatic rings. The summed E-state index contributed by atoms with van der Waals surface area (Å²) in [5.74, 6) is -0.744. The molecule has 1 rings (SSSR count). The average Bonchev–Trinajstić information content (AvgIpc) is 2.58. The van der Waals surface area contributed by atoms with Gasteiger partial charge < -0.3 is 5.11 Å². The molecule has 0 saturated carbocycles.